The summed E-state index contributed by atoms with van der Waals surface area (Å²) in [4.78, 5) is 24.8. The van der Waals surface area contributed by atoms with E-state index in [0.717, 1.165) is 12.8 Å². The molecule has 4 nitrogen and oxygen atoms in total. The molecular weight excluding hydrogens is 254 g/mol. The van der Waals surface area contributed by atoms with Gasteiger partial charge in [-0.3, -0.25) is 4.79 Å². The zero-order valence-electron chi connectivity index (χ0n) is 13.6. The minimum atomic E-state index is -1.12. The number of unbranched alkanes of at least 4 members (excludes halogenated alkanes) is 6. The number of carbonyl (C=O) groups is 2. The van der Waals surface area contributed by atoms with Crippen LogP contribution in [-0.4, -0.2) is 34.0 Å². The molecule has 1 N–H and O–H groups in total. The maximum absolute atomic E-state index is 12.1. The van der Waals surface area contributed by atoms with Gasteiger partial charge in [0.05, 0.1) is 0 Å². The van der Waals surface area contributed by atoms with Crippen molar-refractivity contribution in [1.29, 1.82) is 0 Å². The number of nitrogens with zero attached hydrogens (tertiary/aromatic N) is 1. The summed E-state index contributed by atoms with van der Waals surface area (Å²) in [6, 6.07) is 0. The fraction of sp³-hybridized carbons (Fsp3) is 0.875. The second kappa shape index (κ2) is 9.78. The molecule has 1 amide bonds. The number of rotatable bonds is 11. The summed E-state index contributed by atoms with van der Waals surface area (Å²) < 4.78 is 0. The van der Waals surface area contributed by atoms with E-state index in [1.54, 1.807) is 13.8 Å². The van der Waals surface area contributed by atoms with E-state index in [4.69, 9.17) is 0 Å². The largest absolute Gasteiger partial charge is 0.480 e. The fourth-order valence-corrected chi connectivity index (χ4v) is 2.37. The molecule has 0 aliphatic rings. The molecule has 0 aliphatic carbocycles. The molecule has 0 atom stereocenters. The van der Waals surface area contributed by atoms with Crippen LogP contribution in [0.25, 0.3) is 0 Å². The van der Waals surface area contributed by atoms with Crippen molar-refractivity contribution in [2.24, 2.45) is 0 Å². The number of carboxylic acids is 1. The summed E-state index contributed by atoms with van der Waals surface area (Å²) in [5.41, 5.74) is -1.12. The van der Waals surface area contributed by atoms with Gasteiger partial charge in [-0.05, 0) is 27.2 Å². The van der Waals surface area contributed by atoms with Crippen molar-refractivity contribution in [3.63, 3.8) is 0 Å². The molecule has 0 bridgehead atoms. The molecule has 0 unspecified atom stereocenters. The summed E-state index contributed by atoms with van der Waals surface area (Å²) >= 11 is 0. The van der Waals surface area contributed by atoms with Crippen LogP contribution in [0, 0.1) is 0 Å². The van der Waals surface area contributed by atoms with Gasteiger partial charge in [0.2, 0.25) is 5.91 Å². The number of amides is 1. The monoisotopic (exact) mass is 285 g/mol. The molecule has 0 aromatic carbocycles. The summed E-state index contributed by atoms with van der Waals surface area (Å²) in [7, 11) is 0. The highest BCUT2D eigenvalue weighted by molar-refractivity contribution is 5.86. The van der Waals surface area contributed by atoms with Gasteiger partial charge in [0.15, 0.2) is 0 Å². The number of hydrogen-bond acceptors (Lipinski definition) is 2. The lowest BCUT2D eigenvalue weighted by Gasteiger charge is -2.34. The van der Waals surface area contributed by atoms with Crippen LogP contribution in [-0.2, 0) is 9.59 Å². The first-order valence-electron chi connectivity index (χ1n) is 7.91. The smallest absolute Gasteiger partial charge is 0.329 e. The maximum atomic E-state index is 12.1. The third kappa shape index (κ3) is 6.40. The second-order valence-electron chi connectivity index (χ2n) is 5.87. The lowest BCUT2D eigenvalue weighted by Crippen LogP contribution is -2.52. The van der Waals surface area contributed by atoms with E-state index in [0.29, 0.717) is 13.0 Å². The zero-order valence-corrected chi connectivity index (χ0v) is 13.6. The van der Waals surface area contributed by atoms with Gasteiger partial charge in [0.1, 0.15) is 5.54 Å². The molecular formula is C16H31NO3. The van der Waals surface area contributed by atoms with Crippen molar-refractivity contribution in [2.75, 3.05) is 6.54 Å². The number of hydrogen-bond donors (Lipinski definition) is 1. The van der Waals surface area contributed by atoms with Crippen LogP contribution in [0.3, 0.4) is 0 Å². The van der Waals surface area contributed by atoms with Crippen molar-refractivity contribution in [2.45, 2.75) is 84.6 Å². The highest BCUT2D eigenvalue weighted by Gasteiger charge is 2.36. The molecule has 0 rings (SSSR count). The third-order valence-corrected chi connectivity index (χ3v) is 3.81. The van der Waals surface area contributed by atoms with E-state index < -0.39 is 11.5 Å². The Morgan fingerprint density at radius 1 is 0.950 bits per heavy atom. The Morgan fingerprint density at radius 2 is 1.45 bits per heavy atom. The second-order valence-corrected chi connectivity index (χ2v) is 5.87. The van der Waals surface area contributed by atoms with Crippen LogP contribution in [0.2, 0.25) is 0 Å². The van der Waals surface area contributed by atoms with Crippen LogP contribution >= 0.6 is 0 Å². The lowest BCUT2D eigenvalue weighted by molar-refractivity contribution is -0.156. The Labute approximate surface area is 123 Å². The minimum absolute atomic E-state index is 0.0477. The summed E-state index contributed by atoms with van der Waals surface area (Å²) in [6.45, 7) is 7.63. The van der Waals surface area contributed by atoms with Crippen molar-refractivity contribution >= 4 is 11.9 Å². The predicted molar refractivity (Wildman–Crippen MR) is 81.7 cm³/mol. The quantitative estimate of drug-likeness (QED) is 0.587. The Balaban J connectivity index is 4.03. The molecule has 0 saturated carbocycles. The van der Waals surface area contributed by atoms with Crippen molar-refractivity contribution in [3.05, 3.63) is 0 Å². The Morgan fingerprint density at radius 3 is 1.90 bits per heavy atom. The van der Waals surface area contributed by atoms with E-state index in [-0.39, 0.29) is 5.91 Å². The molecule has 4 heteroatoms. The SMILES string of the molecule is CCCCCCCCCC(=O)N(CC)C(C)(C)C(=O)O. The molecule has 0 aromatic heterocycles. The first kappa shape index (κ1) is 18.9. The summed E-state index contributed by atoms with van der Waals surface area (Å²) in [5.74, 6) is -0.999. The van der Waals surface area contributed by atoms with Crippen LogP contribution in [0.15, 0.2) is 0 Å². The van der Waals surface area contributed by atoms with Gasteiger partial charge in [0, 0.05) is 13.0 Å². The molecule has 0 radical (unpaired) electrons. The predicted octanol–water partition coefficient (Wildman–Crippen LogP) is 3.84. The van der Waals surface area contributed by atoms with Crippen molar-refractivity contribution in [1.82, 2.24) is 4.90 Å². The molecule has 0 spiro atoms. The number of carbonyl (C=O) groups excluding carboxylic acids is 1. The van der Waals surface area contributed by atoms with Crippen LogP contribution in [0.1, 0.15) is 79.1 Å². The standard InChI is InChI=1S/C16H31NO3/c1-5-7-8-9-10-11-12-13-14(18)17(6-2)16(3,4)15(19)20/h5-13H2,1-4H3,(H,19,20). The van der Waals surface area contributed by atoms with Gasteiger partial charge in [-0.25, -0.2) is 4.79 Å². The molecule has 0 aliphatic heterocycles. The van der Waals surface area contributed by atoms with Crippen LogP contribution < -0.4 is 0 Å². The topological polar surface area (TPSA) is 57.6 Å². The van der Waals surface area contributed by atoms with E-state index in [1.807, 2.05) is 6.92 Å². The van der Waals surface area contributed by atoms with Gasteiger partial charge >= 0.3 is 5.97 Å². The third-order valence-electron chi connectivity index (χ3n) is 3.81. The van der Waals surface area contributed by atoms with Gasteiger partial charge in [-0.2, -0.15) is 0 Å². The number of carboxylic acid groups (broad SMARTS) is 1. The Kier molecular flexibility index (Phi) is 9.26. The maximum Gasteiger partial charge on any atom is 0.329 e. The molecule has 118 valence electrons. The van der Waals surface area contributed by atoms with E-state index >= 15 is 0 Å². The molecule has 0 aromatic rings. The number of aliphatic carboxylic acids is 1. The molecule has 0 fully saturated rings. The number of likely N-dealkylation sites (N-methyl/N-ethyl adjacent to an activating group) is 1. The van der Waals surface area contributed by atoms with Crippen molar-refractivity contribution < 1.29 is 14.7 Å². The first-order valence-corrected chi connectivity index (χ1v) is 7.91. The average molecular weight is 285 g/mol. The summed E-state index contributed by atoms with van der Waals surface area (Å²) in [5, 5.41) is 9.19. The van der Waals surface area contributed by atoms with Gasteiger partial charge < -0.3 is 10.0 Å². The summed E-state index contributed by atoms with van der Waals surface area (Å²) in [6.07, 6.45) is 8.58. The highest BCUT2D eigenvalue weighted by Crippen LogP contribution is 2.17. The Hall–Kier alpha value is -1.06. The molecule has 0 saturated heterocycles. The molecule has 0 heterocycles. The lowest BCUT2D eigenvalue weighted by atomic mass is 10.0. The van der Waals surface area contributed by atoms with E-state index in [2.05, 4.69) is 6.92 Å². The minimum Gasteiger partial charge on any atom is -0.480 e. The van der Waals surface area contributed by atoms with E-state index in [9.17, 15) is 14.7 Å². The average Bonchev–Trinajstić information content (AvgIpc) is 2.38. The van der Waals surface area contributed by atoms with Crippen LogP contribution in [0.4, 0.5) is 0 Å². The van der Waals surface area contributed by atoms with Crippen LogP contribution in [0.5, 0.6) is 0 Å². The van der Waals surface area contributed by atoms with E-state index in [1.165, 1.54) is 37.0 Å². The first-order chi connectivity index (χ1) is 9.37. The Bertz CT molecular complexity index is 300. The van der Waals surface area contributed by atoms with Gasteiger partial charge in [0.25, 0.3) is 0 Å². The normalized spacial score (nSPS) is 11.4. The fourth-order valence-electron chi connectivity index (χ4n) is 2.37. The molecule has 20 heavy (non-hydrogen) atoms. The highest BCUT2D eigenvalue weighted by atomic mass is 16.4. The zero-order chi connectivity index (χ0) is 15.6. The van der Waals surface area contributed by atoms with Gasteiger partial charge in [-0.15, -0.1) is 0 Å². The van der Waals surface area contributed by atoms with Crippen molar-refractivity contribution in [3.8, 4) is 0 Å². The van der Waals surface area contributed by atoms with Gasteiger partial charge in [-0.1, -0.05) is 45.4 Å².